The van der Waals surface area contributed by atoms with Gasteiger partial charge in [0, 0.05) is 8.54 Å². The molecule has 3 aromatic rings. The molecule has 1 saturated carbocycles. The summed E-state index contributed by atoms with van der Waals surface area (Å²) < 4.78 is 31.5. The number of ether oxygens (including phenoxy) is 1. The number of carbonyl (C=O) groups is 1. The zero-order valence-corrected chi connectivity index (χ0v) is 19.6. The molecule has 33 heavy (non-hydrogen) atoms. The number of hydrogen-bond donors (Lipinski definition) is 2. The minimum Gasteiger partial charge on any atom is -0.497 e. The Hall–Kier alpha value is -3.16. The molecular formula is C26H32N2O4S. The van der Waals surface area contributed by atoms with Crippen molar-refractivity contribution >= 4 is 21.6 Å². The first-order chi connectivity index (χ1) is 15.9. The summed E-state index contributed by atoms with van der Waals surface area (Å²) in [4.78, 5) is 13.7. The predicted molar refractivity (Wildman–Crippen MR) is 134 cm³/mol. The van der Waals surface area contributed by atoms with Gasteiger partial charge in [0.1, 0.15) is 5.75 Å². The van der Waals surface area contributed by atoms with Crippen LogP contribution in [0, 0.1) is 0 Å². The quantitative estimate of drug-likeness (QED) is 0.498. The first kappa shape index (κ1) is 23.0. The molecule has 0 bridgehead atoms. The molecule has 3 aromatic carbocycles. The Kier molecular flexibility index (Phi) is 6.54. The summed E-state index contributed by atoms with van der Waals surface area (Å²) in [6.07, 6.45) is 3.65. The molecule has 1 amide bonds. The molecule has 0 saturated heterocycles. The van der Waals surface area contributed by atoms with E-state index in [4.69, 9.17) is 4.74 Å². The van der Waals surface area contributed by atoms with Gasteiger partial charge in [-0.25, -0.2) is 13.1 Å². The summed E-state index contributed by atoms with van der Waals surface area (Å²) in [6.45, 7) is 0. The number of anilines is 1. The van der Waals surface area contributed by atoms with Crippen LogP contribution in [-0.2, 0) is 20.2 Å². The second-order valence-corrected chi connectivity index (χ2v) is 10.2. The van der Waals surface area contributed by atoms with Crippen LogP contribution in [-0.4, -0.2) is 28.5 Å². The fourth-order valence-corrected chi connectivity index (χ4v) is 5.24. The van der Waals surface area contributed by atoms with Gasteiger partial charge in [-0.1, -0.05) is 49.2 Å². The third-order valence-electron chi connectivity index (χ3n) is 6.42. The van der Waals surface area contributed by atoms with Gasteiger partial charge in [0.25, 0.3) is 0 Å². The lowest BCUT2D eigenvalue weighted by Gasteiger charge is -2.28. The van der Waals surface area contributed by atoms with Crippen molar-refractivity contribution in [2.75, 3.05) is 19.5 Å². The van der Waals surface area contributed by atoms with Crippen molar-refractivity contribution < 1.29 is 20.8 Å². The van der Waals surface area contributed by atoms with Crippen molar-refractivity contribution in [2.24, 2.45) is 0 Å². The fourth-order valence-electron chi connectivity index (χ4n) is 4.51. The Morgan fingerprint density at radius 1 is 0.939 bits per heavy atom. The summed E-state index contributed by atoms with van der Waals surface area (Å²) >= 11 is 0. The van der Waals surface area contributed by atoms with E-state index in [-0.39, 0.29) is 13.7 Å². The van der Waals surface area contributed by atoms with E-state index in [1.165, 1.54) is 7.05 Å². The molecule has 2 N–H and O–H groups in total. The normalized spacial score (nSPS) is 15.2. The first-order valence-corrected chi connectivity index (χ1v) is 12.5. The molecule has 1 aliphatic carbocycles. The van der Waals surface area contributed by atoms with Gasteiger partial charge >= 0.3 is 0 Å². The molecule has 0 radical (unpaired) electrons. The minimum atomic E-state index is -3.48. The number of nitrogens with one attached hydrogen (secondary N) is 2. The van der Waals surface area contributed by atoms with Crippen LogP contribution in [0.2, 0.25) is 0 Å². The third-order valence-corrected chi connectivity index (χ3v) is 7.85. The topological polar surface area (TPSA) is 84.5 Å². The molecule has 0 aromatic heterocycles. The molecule has 0 aliphatic heterocycles. The number of benzene rings is 3. The van der Waals surface area contributed by atoms with E-state index in [2.05, 4.69) is 10.0 Å². The minimum absolute atomic E-state index is 0. The van der Waals surface area contributed by atoms with Crippen LogP contribution in [0.1, 0.15) is 34.1 Å². The predicted octanol–water partition coefficient (Wildman–Crippen LogP) is 5.21. The monoisotopic (exact) mass is 468 g/mol. The largest absolute Gasteiger partial charge is 0.497 e. The lowest BCUT2D eigenvalue weighted by atomic mass is 9.78. The number of sulfonamides is 1. The van der Waals surface area contributed by atoms with Crippen LogP contribution in [0.4, 0.5) is 5.69 Å². The summed E-state index contributed by atoms with van der Waals surface area (Å²) in [5.74, 6) is 0.770. The van der Waals surface area contributed by atoms with Crippen molar-refractivity contribution in [1.82, 2.24) is 4.72 Å². The van der Waals surface area contributed by atoms with E-state index in [9.17, 15) is 13.2 Å². The fraction of sp³-hybridized carbons (Fsp3) is 0.269. The summed E-state index contributed by atoms with van der Waals surface area (Å²) in [5, 5.41) is 3.13. The molecule has 4 rings (SSSR count). The first-order valence-electron chi connectivity index (χ1n) is 11.0. The van der Waals surface area contributed by atoms with Crippen LogP contribution < -0.4 is 14.8 Å². The molecule has 0 spiro atoms. The highest BCUT2D eigenvalue weighted by Gasteiger charge is 2.42. The van der Waals surface area contributed by atoms with Gasteiger partial charge in [-0.15, -0.1) is 0 Å². The second-order valence-electron chi connectivity index (χ2n) is 8.28. The summed E-state index contributed by atoms with van der Waals surface area (Å²) in [7, 11) is -0.464. The number of methoxy groups -OCH3 is 1. The van der Waals surface area contributed by atoms with Crippen molar-refractivity contribution in [2.45, 2.75) is 36.0 Å². The molecule has 0 atom stereocenters. The van der Waals surface area contributed by atoms with Crippen molar-refractivity contribution in [3.05, 3.63) is 78.4 Å². The van der Waals surface area contributed by atoms with Gasteiger partial charge in [0.15, 0.2) is 0 Å². The molecule has 1 fully saturated rings. The maximum Gasteiger partial charge on any atom is 0.240 e. The molecule has 6 nitrogen and oxygen atoms in total. The van der Waals surface area contributed by atoms with Crippen molar-refractivity contribution in [3.63, 3.8) is 0 Å². The van der Waals surface area contributed by atoms with Crippen molar-refractivity contribution in [1.29, 1.82) is 0 Å². The SMILES string of the molecule is CNS(=O)(=O)c1ccc(-c2cccc(NC(=O)C3(c4ccc(OC)cc4)CCCC3)c2)cc1.[HH].[HH]. The van der Waals surface area contributed by atoms with Gasteiger partial charge in [0.2, 0.25) is 15.9 Å². The average Bonchev–Trinajstić information content (AvgIpc) is 3.36. The Labute approximate surface area is 198 Å². The standard InChI is InChI=1S/C26H28N2O4S.2H2/c1-27-33(30,31)24-14-8-19(9-15-24)20-6-5-7-22(18-20)28-25(29)26(16-3-4-17-26)21-10-12-23(32-2)13-11-21;;/h5-15,18,27H,3-4,16-17H2,1-2H3,(H,28,29);2*1H. The van der Waals surface area contributed by atoms with Crippen molar-refractivity contribution in [3.8, 4) is 16.9 Å². The van der Waals surface area contributed by atoms with Gasteiger partial charge in [-0.2, -0.15) is 0 Å². The number of rotatable bonds is 7. The van der Waals surface area contributed by atoms with Crippen LogP contribution >= 0.6 is 0 Å². The summed E-state index contributed by atoms with van der Waals surface area (Å²) in [5.41, 5.74) is 2.93. The highest BCUT2D eigenvalue weighted by Crippen LogP contribution is 2.42. The average molecular weight is 469 g/mol. The van der Waals surface area contributed by atoms with E-state index in [1.54, 1.807) is 31.4 Å². The third kappa shape index (κ3) is 4.65. The van der Waals surface area contributed by atoms with Crippen LogP contribution in [0.3, 0.4) is 0 Å². The Bertz CT molecular complexity index is 1240. The molecule has 7 heteroatoms. The zero-order chi connectivity index (χ0) is 23.5. The maximum atomic E-state index is 13.5. The smallest absolute Gasteiger partial charge is 0.240 e. The molecule has 176 valence electrons. The second kappa shape index (κ2) is 9.37. The molecule has 1 aliphatic rings. The van der Waals surface area contributed by atoms with E-state index in [1.807, 2.05) is 48.5 Å². The lowest BCUT2D eigenvalue weighted by Crippen LogP contribution is -2.37. The van der Waals surface area contributed by atoms with Gasteiger partial charge in [-0.05, 0) is 73.0 Å². The summed E-state index contributed by atoms with van der Waals surface area (Å²) in [6, 6.07) is 22.1. The number of amides is 1. The van der Waals surface area contributed by atoms with E-state index >= 15 is 0 Å². The molecule has 0 heterocycles. The number of carbonyl (C=O) groups excluding carboxylic acids is 1. The van der Waals surface area contributed by atoms with Gasteiger partial charge in [-0.3, -0.25) is 4.79 Å². The van der Waals surface area contributed by atoms with E-state index < -0.39 is 15.4 Å². The van der Waals surface area contributed by atoms with Crippen LogP contribution in [0.25, 0.3) is 11.1 Å². The van der Waals surface area contributed by atoms with Gasteiger partial charge < -0.3 is 10.1 Å². The lowest BCUT2D eigenvalue weighted by molar-refractivity contribution is -0.121. The van der Waals surface area contributed by atoms with E-state index in [0.717, 1.165) is 48.1 Å². The molecule has 0 unspecified atom stereocenters. The molecular weight excluding hydrogens is 436 g/mol. The Morgan fingerprint density at radius 3 is 2.21 bits per heavy atom. The zero-order valence-electron chi connectivity index (χ0n) is 18.8. The van der Waals surface area contributed by atoms with Crippen LogP contribution in [0.15, 0.2) is 77.7 Å². The van der Waals surface area contributed by atoms with Crippen LogP contribution in [0.5, 0.6) is 5.75 Å². The van der Waals surface area contributed by atoms with Gasteiger partial charge in [0.05, 0.1) is 17.4 Å². The highest BCUT2D eigenvalue weighted by molar-refractivity contribution is 7.89. The highest BCUT2D eigenvalue weighted by atomic mass is 32.2. The number of hydrogen-bond acceptors (Lipinski definition) is 4. The Balaban J connectivity index is 0.00000216. The Morgan fingerprint density at radius 2 is 1.61 bits per heavy atom. The maximum absolute atomic E-state index is 13.5. The van der Waals surface area contributed by atoms with E-state index in [0.29, 0.717) is 5.69 Å².